The van der Waals surface area contributed by atoms with Gasteiger partial charge in [-0.15, -0.1) is 0 Å². The molecule has 0 saturated carbocycles. The molecule has 1 N–H and O–H groups in total. The highest BCUT2D eigenvalue weighted by molar-refractivity contribution is 4.82. The van der Waals surface area contributed by atoms with Gasteiger partial charge in [0, 0.05) is 12.6 Å². The van der Waals surface area contributed by atoms with Crippen molar-refractivity contribution in [2.45, 2.75) is 71.1 Å². The first-order valence-electron chi connectivity index (χ1n) is 8.30. The number of likely N-dealkylation sites (tertiary alicyclic amines) is 1. The Morgan fingerprint density at radius 1 is 1.21 bits per heavy atom. The number of ether oxygens (including phenoxy) is 1. The van der Waals surface area contributed by atoms with Crippen LogP contribution in [0.25, 0.3) is 0 Å². The standard InChI is InChI=1S/C16H32N2O/c1-4-9-17-14(3)15-7-10-18(11-8-15)12-16-6-5-13(2)19-16/h13-17H,4-12H2,1-3H3. The highest BCUT2D eigenvalue weighted by atomic mass is 16.5. The molecule has 2 aliphatic heterocycles. The van der Waals surface area contributed by atoms with Crippen LogP contribution >= 0.6 is 0 Å². The van der Waals surface area contributed by atoms with Crippen LogP contribution in [-0.2, 0) is 4.74 Å². The quantitative estimate of drug-likeness (QED) is 0.801. The van der Waals surface area contributed by atoms with Crippen LogP contribution in [0.15, 0.2) is 0 Å². The van der Waals surface area contributed by atoms with Gasteiger partial charge in [-0.25, -0.2) is 0 Å². The minimum absolute atomic E-state index is 0.487. The van der Waals surface area contributed by atoms with Crippen molar-refractivity contribution in [3.05, 3.63) is 0 Å². The molecule has 0 bridgehead atoms. The second-order valence-corrected chi connectivity index (χ2v) is 6.53. The lowest BCUT2D eigenvalue weighted by Gasteiger charge is -2.36. The van der Waals surface area contributed by atoms with E-state index in [9.17, 15) is 0 Å². The molecule has 112 valence electrons. The molecule has 0 aromatic heterocycles. The SMILES string of the molecule is CCCNC(C)C1CCN(CC2CCC(C)O2)CC1. The van der Waals surface area contributed by atoms with Crippen LogP contribution in [0.4, 0.5) is 0 Å². The van der Waals surface area contributed by atoms with Crippen molar-refractivity contribution in [2.24, 2.45) is 5.92 Å². The normalized spacial score (nSPS) is 31.7. The van der Waals surface area contributed by atoms with Crippen molar-refractivity contribution in [3.63, 3.8) is 0 Å². The van der Waals surface area contributed by atoms with Crippen LogP contribution in [0.2, 0.25) is 0 Å². The van der Waals surface area contributed by atoms with Crippen molar-refractivity contribution in [1.29, 1.82) is 0 Å². The Bertz CT molecular complexity index is 251. The fourth-order valence-corrected chi connectivity index (χ4v) is 3.48. The first-order chi connectivity index (χ1) is 9.19. The largest absolute Gasteiger partial charge is 0.374 e. The van der Waals surface area contributed by atoms with Gasteiger partial charge in [0.05, 0.1) is 12.2 Å². The van der Waals surface area contributed by atoms with Gasteiger partial charge in [0.15, 0.2) is 0 Å². The summed E-state index contributed by atoms with van der Waals surface area (Å²) < 4.78 is 5.94. The molecule has 2 saturated heterocycles. The molecule has 0 amide bonds. The summed E-state index contributed by atoms with van der Waals surface area (Å²) in [5, 5.41) is 3.65. The Kier molecular flexibility index (Phi) is 6.11. The lowest BCUT2D eigenvalue weighted by molar-refractivity contribution is 0.0225. The molecule has 0 spiro atoms. The average molecular weight is 268 g/mol. The zero-order chi connectivity index (χ0) is 13.7. The molecule has 0 aromatic carbocycles. The van der Waals surface area contributed by atoms with Crippen molar-refractivity contribution in [1.82, 2.24) is 10.2 Å². The van der Waals surface area contributed by atoms with E-state index in [-0.39, 0.29) is 0 Å². The summed E-state index contributed by atoms with van der Waals surface area (Å²) in [6, 6.07) is 0.685. The van der Waals surface area contributed by atoms with E-state index in [1.54, 1.807) is 0 Å². The smallest absolute Gasteiger partial charge is 0.0706 e. The Balaban J connectivity index is 1.64. The van der Waals surface area contributed by atoms with Crippen LogP contribution in [0.5, 0.6) is 0 Å². The highest BCUT2D eigenvalue weighted by Gasteiger charge is 2.28. The van der Waals surface area contributed by atoms with Gasteiger partial charge < -0.3 is 15.0 Å². The van der Waals surface area contributed by atoms with Crippen molar-refractivity contribution < 1.29 is 4.74 Å². The zero-order valence-corrected chi connectivity index (χ0v) is 13.0. The average Bonchev–Trinajstić information content (AvgIpc) is 2.82. The molecule has 3 nitrogen and oxygen atoms in total. The monoisotopic (exact) mass is 268 g/mol. The maximum absolute atomic E-state index is 5.94. The van der Waals surface area contributed by atoms with Crippen LogP contribution in [0, 0.1) is 5.92 Å². The van der Waals surface area contributed by atoms with E-state index in [0.29, 0.717) is 18.2 Å². The van der Waals surface area contributed by atoms with Crippen molar-refractivity contribution in [2.75, 3.05) is 26.2 Å². The number of piperidine rings is 1. The minimum Gasteiger partial charge on any atom is -0.374 e. The number of hydrogen-bond donors (Lipinski definition) is 1. The molecule has 3 atom stereocenters. The van der Waals surface area contributed by atoms with Gasteiger partial charge in [0.1, 0.15) is 0 Å². The molecule has 2 fully saturated rings. The number of hydrogen-bond acceptors (Lipinski definition) is 3. The second kappa shape index (κ2) is 7.61. The minimum atomic E-state index is 0.487. The van der Waals surface area contributed by atoms with E-state index < -0.39 is 0 Å². The molecule has 0 radical (unpaired) electrons. The molecule has 19 heavy (non-hydrogen) atoms. The number of nitrogens with zero attached hydrogens (tertiary/aromatic N) is 1. The van der Waals surface area contributed by atoms with Crippen LogP contribution in [0.1, 0.15) is 52.9 Å². The molecule has 0 aromatic rings. The lowest BCUT2D eigenvalue weighted by atomic mass is 9.90. The molecule has 3 unspecified atom stereocenters. The summed E-state index contributed by atoms with van der Waals surface area (Å²) >= 11 is 0. The van der Waals surface area contributed by atoms with E-state index >= 15 is 0 Å². The molecular weight excluding hydrogens is 236 g/mol. The maximum atomic E-state index is 5.94. The van der Waals surface area contributed by atoms with Gasteiger partial charge >= 0.3 is 0 Å². The predicted molar refractivity (Wildman–Crippen MR) is 80.5 cm³/mol. The van der Waals surface area contributed by atoms with Gasteiger partial charge in [0.2, 0.25) is 0 Å². The van der Waals surface area contributed by atoms with E-state index in [0.717, 1.165) is 19.0 Å². The van der Waals surface area contributed by atoms with Gasteiger partial charge in [0.25, 0.3) is 0 Å². The fourth-order valence-electron chi connectivity index (χ4n) is 3.48. The summed E-state index contributed by atoms with van der Waals surface area (Å²) in [5.74, 6) is 0.867. The van der Waals surface area contributed by atoms with E-state index in [4.69, 9.17) is 4.74 Å². The molecule has 3 heteroatoms. The fraction of sp³-hybridized carbons (Fsp3) is 1.00. The van der Waals surface area contributed by atoms with Crippen LogP contribution < -0.4 is 5.32 Å². The van der Waals surface area contributed by atoms with Gasteiger partial charge in [-0.1, -0.05) is 6.92 Å². The second-order valence-electron chi connectivity index (χ2n) is 6.53. The molecule has 2 aliphatic rings. The third-order valence-electron chi connectivity index (χ3n) is 4.84. The van der Waals surface area contributed by atoms with E-state index in [1.807, 2.05) is 0 Å². The summed E-state index contributed by atoms with van der Waals surface area (Å²) in [6.45, 7) is 11.6. The first-order valence-corrected chi connectivity index (χ1v) is 8.30. The summed E-state index contributed by atoms with van der Waals surface area (Å²) in [7, 11) is 0. The summed E-state index contributed by atoms with van der Waals surface area (Å²) in [4.78, 5) is 2.62. The Morgan fingerprint density at radius 3 is 2.53 bits per heavy atom. The number of rotatable bonds is 6. The molecule has 2 heterocycles. The highest BCUT2D eigenvalue weighted by Crippen LogP contribution is 2.24. The van der Waals surface area contributed by atoms with Gasteiger partial charge in [-0.05, 0) is 71.5 Å². The van der Waals surface area contributed by atoms with E-state index in [2.05, 4.69) is 31.0 Å². The van der Waals surface area contributed by atoms with Gasteiger partial charge in [-0.3, -0.25) is 0 Å². The van der Waals surface area contributed by atoms with Crippen LogP contribution in [-0.4, -0.2) is 49.3 Å². The van der Waals surface area contributed by atoms with Crippen molar-refractivity contribution >= 4 is 0 Å². The topological polar surface area (TPSA) is 24.5 Å². The lowest BCUT2D eigenvalue weighted by Crippen LogP contribution is -2.44. The third kappa shape index (κ3) is 4.73. The Hall–Kier alpha value is -0.120. The van der Waals surface area contributed by atoms with Gasteiger partial charge in [-0.2, -0.15) is 0 Å². The zero-order valence-electron chi connectivity index (χ0n) is 13.0. The summed E-state index contributed by atoms with van der Waals surface area (Å²) in [5.41, 5.74) is 0. The van der Waals surface area contributed by atoms with Crippen molar-refractivity contribution in [3.8, 4) is 0 Å². The summed E-state index contributed by atoms with van der Waals surface area (Å²) in [6.07, 6.45) is 7.43. The predicted octanol–water partition coefficient (Wildman–Crippen LogP) is 2.65. The third-order valence-corrected chi connectivity index (χ3v) is 4.84. The van der Waals surface area contributed by atoms with E-state index in [1.165, 1.54) is 45.2 Å². The molecule has 0 aliphatic carbocycles. The Labute approximate surface area is 119 Å². The molecular formula is C16H32N2O. The first kappa shape index (κ1) is 15.3. The number of nitrogens with one attached hydrogen (secondary N) is 1. The maximum Gasteiger partial charge on any atom is 0.0706 e. The molecule has 2 rings (SSSR count). The van der Waals surface area contributed by atoms with Crippen LogP contribution in [0.3, 0.4) is 0 Å². The Morgan fingerprint density at radius 2 is 1.95 bits per heavy atom.